The van der Waals surface area contributed by atoms with E-state index in [1.807, 2.05) is 13.8 Å². The molecule has 0 aliphatic carbocycles. The van der Waals surface area contributed by atoms with Gasteiger partial charge >= 0.3 is 5.97 Å². The Hall–Kier alpha value is -1.88. The molecule has 0 unspecified atom stereocenters. The van der Waals surface area contributed by atoms with Gasteiger partial charge in [0.2, 0.25) is 5.91 Å². The standard InChI is InChI=1S/C15H22N2O3/c1-4-10(3)13(16)14(18)17-12-9-7-6-8-11(12)15(19)20-5-2/h6-10,13H,4-5,16H2,1-3H3,(H,17,18)/t10-,13-/m0/s1. The third-order valence-corrected chi connectivity index (χ3v) is 3.24. The van der Waals surface area contributed by atoms with Crippen molar-refractivity contribution in [1.82, 2.24) is 0 Å². The van der Waals surface area contributed by atoms with Gasteiger partial charge in [-0.3, -0.25) is 4.79 Å². The van der Waals surface area contributed by atoms with Gasteiger partial charge in [-0.1, -0.05) is 32.4 Å². The lowest BCUT2D eigenvalue weighted by atomic mass is 9.99. The summed E-state index contributed by atoms with van der Waals surface area (Å²) in [4.78, 5) is 23.9. The normalized spacial score (nSPS) is 13.4. The number of nitrogens with one attached hydrogen (secondary N) is 1. The number of ether oxygens (including phenoxy) is 1. The zero-order chi connectivity index (χ0) is 15.1. The fraction of sp³-hybridized carbons (Fsp3) is 0.467. The van der Waals surface area contributed by atoms with Crippen molar-refractivity contribution in [3.05, 3.63) is 29.8 Å². The molecular formula is C15H22N2O3. The molecule has 110 valence electrons. The number of esters is 1. The van der Waals surface area contributed by atoms with Crippen molar-refractivity contribution in [2.45, 2.75) is 33.2 Å². The lowest BCUT2D eigenvalue weighted by Gasteiger charge is -2.18. The summed E-state index contributed by atoms with van der Waals surface area (Å²) in [5.41, 5.74) is 6.63. The van der Waals surface area contributed by atoms with Gasteiger partial charge in [-0.25, -0.2) is 4.79 Å². The first kappa shape index (κ1) is 16.2. The van der Waals surface area contributed by atoms with Crippen LogP contribution in [-0.4, -0.2) is 24.5 Å². The molecule has 0 saturated heterocycles. The van der Waals surface area contributed by atoms with Gasteiger partial charge in [-0.15, -0.1) is 0 Å². The van der Waals surface area contributed by atoms with E-state index in [-0.39, 0.29) is 18.4 Å². The summed E-state index contributed by atoms with van der Waals surface area (Å²) in [6, 6.07) is 6.13. The van der Waals surface area contributed by atoms with Crippen molar-refractivity contribution in [3.8, 4) is 0 Å². The van der Waals surface area contributed by atoms with Gasteiger partial charge in [0, 0.05) is 0 Å². The van der Waals surface area contributed by atoms with Gasteiger partial charge in [0.05, 0.1) is 23.9 Å². The molecule has 0 spiro atoms. The number of benzene rings is 1. The van der Waals surface area contributed by atoms with E-state index < -0.39 is 12.0 Å². The van der Waals surface area contributed by atoms with Crippen LogP contribution in [0.1, 0.15) is 37.6 Å². The quantitative estimate of drug-likeness (QED) is 0.781. The van der Waals surface area contributed by atoms with E-state index in [1.54, 1.807) is 31.2 Å². The van der Waals surface area contributed by atoms with E-state index >= 15 is 0 Å². The molecule has 1 rings (SSSR count). The highest BCUT2D eigenvalue weighted by atomic mass is 16.5. The minimum absolute atomic E-state index is 0.0738. The van der Waals surface area contributed by atoms with Gasteiger partial charge in [0.1, 0.15) is 0 Å². The predicted molar refractivity (Wildman–Crippen MR) is 78.5 cm³/mol. The molecule has 0 aliphatic heterocycles. The van der Waals surface area contributed by atoms with E-state index in [0.717, 1.165) is 6.42 Å². The number of hydrogen-bond donors (Lipinski definition) is 2. The summed E-state index contributed by atoms with van der Waals surface area (Å²) in [5, 5.41) is 2.70. The third-order valence-electron chi connectivity index (χ3n) is 3.24. The molecule has 5 heteroatoms. The molecule has 1 aromatic rings. The fourth-order valence-electron chi connectivity index (χ4n) is 1.71. The van der Waals surface area contributed by atoms with Crippen molar-refractivity contribution in [2.75, 3.05) is 11.9 Å². The molecule has 0 fully saturated rings. The van der Waals surface area contributed by atoms with Crippen LogP contribution in [0.15, 0.2) is 24.3 Å². The average molecular weight is 278 g/mol. The zero-order valence-corrected chi connectivity index (χ0v) is 12.2. The molecule has 3 N–H and O–H groups in total. The van der Waals surface area contributed by atoms with Gasteiger partial charge in [-0.2, -0.15) is 0 Å². The molecular weight excluding hydrogens is 256 g/mol. The number of rotatable bonds is 6. The molecule has 0 bridgehead atoms. The van der Waals surface area contributed by atoms with Gasteiger partial charge in [0.15, 0.2) is 0 Å². The van der Waals surface area contributed by atoms with E-state index in [4.69, 9.17) is 10.5 Å². The molecule has 5 nitrogen and oxygen atoms in total. The van der Waals surface area contributed by atoms with Crippen molar-refractivity contribution in [2.24, 2.45) is 11.7 Å². The lowest BCUT2D eigenvalue weighted by molar-refractivity contribution is -0.118. The summed E-state index contributed by atoms with van der Waals surface area (Å²) in [5.74, 6) is -0.679. The van der Waals surface area contributed by atoms with Gasteiger partial charge in [-0.05, 0) is 25.0 Å². The number of para-hydroxylation sites is 1. The molecule has 0 radical (unpaired) electrons. The van der Waals surface area contributed by atoms with E-state index in [0.29, 0.717) is 11.3 Å². The number of hydrogen-bond acceptors (Lipinski definition) is 4. The Morgan fingerprint density at radius 2 is 1.95 bits per heavy atom. The summed E-state index contributed by atoms with van der Waals surface area (Å²) < 4.78 is 4.96. The highest BCUT2D eigenvalue weighted by Gasteiger charge is 2.21. The van der Waals surface area contributed by atoms with Crippen LogP contribution in [0.3, 0.4) is 0 Å². The molecule has 20 heavy (non-hydrogen) atoms. The summed E-state index contributed by atoms with van der Waals surface area (Å²) in [7, 11) is 0. The Morgan fingerprint density at radius 1 is 1.30 bits per heavy atom. The van der Waals surface area contributed by atoms with Crippen molar-refractivity contribution >= 4 is 17.6 Å². The Morgan fingerprint density at radius 3 is 2.55 bits per heavy atom. The van der Waals surface area contributed by atoms with Crippen molar-refractivity contribution in [1.29, 1.82) is 0 Å². The van der Waals surface area contributed by atoms with Crippen LogP contribution in [-0.2, 0) is 9.53 Å². The molecule has 0 saturated carbocycles. The van der Waals surface area contributed by atoms with Crippen LogP contribution >= 0.6 is 0 Å². The number of anilines is 1. The maximum absolute atomic E-state index is 12.1. The maximum atomic E-state index is 12.1. The number of carbonyl (C=O) groups is 2. The van der Waals surface area contributed by atoms with Crippen LogP contribution < -0.4 is 11.1 Å². The molecule has 1 amide bonds. The van der Waals surface area contributed by atoms with E-state index in [9.17, 15) is 9.59 Å². The van der Waals surface area contributed by atoms with Gasteiger partial charge in [0.25, 0.3) is 0 Å². The summed E-state index contributed by atoms with van der Waals surface area (Å²) in [6.45, 7) is 5.91. The zero-order valence-electron chi connectivity index (χ0n) is 12.2. The second-order valence-electron chi connectivity index (χ2n) is 4.67. The van der Waals surface area contributed by atoms with Crippen LogP contribution in [0.4, 0.5) is 5.69 Å². The van der Waals surface area contributed by atoms with E-state index in [2.05, 4.69) is 5.32 Å². The monoisotopic (exact) mass is 278 g/mol. The fourth-order valence-corrected chi connectivity index (χ4v) is 1.71. The Labute approximate surface area is 119 Å². The summed E-state index contributed by atoms with van der Waals surface area (Å²) >= 11 is 0. The second kappa shape index (κ2) is 7.65. The van der Waals surface area contributed by atoms with E-state index in [1.165, 1.54) is 0 Å². The molecule has 0 heterocycles. The average Bonchev–Trinajstić information content (AvgIpc) is 2.46. The van der Waals surface area contributed by atoms with Crippen molar-refractivity contribution in [3.63, 3.8) is 0 Å². The first-order chi connectivity index (χ1) is 9.51. The van der Waals surface area contributed by atoms with Gasteiger partial charge < -0.3 is 15.8 Å². The summed E-state index contributed by atoms with van der Waals surface area (Å²) in [6.07, 6.45) is 0.814. The number of carbonyl (C=O) groups excluding carboxylic acids is 2. The van der Waals surface area contributed by atoms with Crippen LogP contribution in [0, 0.1) is 5.92 Å². The molecule has 0 aromatic heterocycles. The third kappa shape index (κ3) is 4.06. The largest absolute Gasteiger partial charge is 0.462 e. The van der Waals surface area contributed by atoms with Crippen LogP contribution in [0.25, 0.3) is 0 Å². The smallest absolute Gasteiger partial charge is 0.340 e. The minimum atomic E-state index is -0.602. The van der Waals surface area contributed by atoms with Crippen LogP contribution in [0.2, 0.25) is 0 Å². The van der Waals surface area contributed by atoms with Crippen LogP contribution in [0.5, 0.6) is 0 Å². The lowest BCUT2D eigenvalue weighted by Crippen LogP contribution is -2.40. The first-order valence-electron chi connectivity index (χ1n) is 6.83. The molecule has 0 aliphatic rings. The Bertz CT molecular complexity index is 474. The Balaban J connectivity index is 2.87. The topological polar surface area (TPSA) is 81.4 Å². The highest BCUT2D eigenvalue weighted by Crippen LogP contribution is 2.17. The Kier molecular flexibility index (Phi) is 6.18. The predicted octanol–water partition coefficient (Wildman–Crippen LogP) is 2.18. The number of amides is 1. The highest BCUT2D eigenvalue weighted by molar-refractivity contribution is 6.02. The second-order valence-corrected chi connectivity index (χ2v) is 4.67. The molecule has 1 aromatic carbocycles. The number of nitrogens with two attached hydrogens (primary N) is 1. The first-order valence-corrected chi connectivity index (χ1v) is 6.83. The minimum Gasteiger partial charge on any atom is -0.462 e. The molecule has 2 atom stereocenters. The SMILES string of the molecule is CCOC(=O)c1ccccc1NC(=O)[C@@H](N)[C@@H](C)CC. The maximum Gasteiger partial charge on any atom is 0.340 e. The van der Waals surface area contributed by atoms with Crippen molar-refractivity contribution < 1.29 is 14.3 Å².